The van der Waals surface area contributed by atoms with Crippen molar-refractivity contribution in [1.82, 2.24) is 0 Å². The quantitative estimate of drug-likeness (QED) is 0.636. The van der Waals surface area contributed by atoms with Crippen molar-refractivity contribution in [2.75, 3.05) is 0 Å². The molecule has 0 aliphatic rings. The molecule has 6 heteroatoms. The molecule has 2 nitrogen and oxygen atoms in total. The summed E-state index contributed by atoms with van der Waals surface area (Å²) in [5, 5.41) is 0. The summed E-state index contributed by atoms with van der Waals surface area (Å²) < 4.78 is 37.8. The molecule has 2 N–H and O–H groups in total. The molecule has 0 radical (unpaired) electrons. The van der Waals surface area contributed by atoms with Gasteiger partial charge in [0.15, 0.2) is 0 Å². The molecule has 0 fully saturated rings. The van der Waals surface area contributed by atoms with Crippen LogP contribution in [0.15, 0.2) is 65.7 Å². The number of aliphatic imine (C=N–C) groups is 1. The second kappa shape index (κ2) is 8.39. The van der Waals surface area contributed by atoms with Crippen LogP contribution in [0, 0.1) is 0 Å². The minimum Gasteiger partial charge on any atom is -0.384 e. The summed E-state index contributed by atoms with van der Waals surface area (Å²) in [4.78, 5) is 4.07. The Balaban J connectivity index is 0.00000264. The van der Waals surface area contributed by atoms with Gasteiger partial charge in [0.1, 0.15) is 5.84 Å². The van der Waals surface area contributed by atoms with Gasteiger partial charge in [-0.15, -0.1) is 12.4 Å². The fourth-order valence-corrected chi connectivity index (χ4v) is 1.83. The average Bonchev–Trinajstić information content (AvgIpc) is 2.51. The van der Waals surface area contributed by atoms with Gasteiger partial charge >= 0.3 is 6.18 Å². The van der Waals surface area contributed by atoms with Gasteiger partial charge in [-0.2, -0.15) is 13.2 Å². The Labute approximate surface area is 139 Å². The molecule has 0 bridgehead atoms. The standard InChI is InChI=1S/C17H15F3N2.ClH/c18-17(19,20)15-8-4-7-14(11-15)12-22-16(21)10-9-13-5-2-1-3-6-13;/h1-11H,12H2,(H2,21,22);1H/b10-9+;. The molecule has 0 saturated carbocycles. The van der Waals surface area contributed by atoms with Gasteiger partial charge in [-0.1, -0.05) is 48.5 Å². The molecule has 0 aliphatic carbocycles. The van der Waals surface area contributed by atoms with Crippen molar-refractivity contribution in [2.24, 2.45) is 10.7 Å². The first-order chi connectivity index (χ1) is 10.4. The van der Waals surface area contributed by atoms with E-state index in [0.29, 0.717) is 5.56 Å². The van der Waals surface area contributed by atoms with E-state index in [1.807, 2.05) is 30.3 Å². The second-order valence-electron chi connectivity index (χ2n) is 4.68. The summed E-state index contributed by atoms with van der Waals surface area (Å²) in [7, 11) is 0. The third-order valence-corrected chi connectivity index (χ3v) is 2.94. The molecule has 0 atom stereocenters. The number of halogens is 4. The highest BCUT2D eigenvalue weighted by Crippen LogP contribution is 2.29. The van der Waals surface area contributed by atoms with Gasteiger partial charge in [0.05, 0.1) is 12.1 Å². The molecule has 0 spiro atoms. The van der Waals surface area contributed by atoms with Gasteiger partial charge in [-0.3, -0.25) is 4.99 Å². The van der Waals surface area contributed by atoms with Crippen LogP contribution in [-0.2, 0) is 12.7 Å². The Morgan fingerprint density at radius 2 is 1.74 bits per heavy atom. The van der Waals surface area contributed by atoms with Crippen LogP contribution in [0.25, 0.3) is 6.08 Å². The van der Waals surface area contributed by atoms with E-state index in [1.54, 1.807) is 18.2 Å². The maximum absolute atomic E-state index is 12.6. The molecular weight excluding hydrogens is 325 g/mol. The van der Waals surface area contributed by atoms with Crippen LogP contribution < -0.4 is 5.73 Å². The van der Waals surface area contributed by atoms with E-state index in [4.69, 9.17) is 5.73 Å². The van der Waals surface area contributed by atoms with Crippen molar-refractivity contribution in [2.45, 2.75) is 12.7 Å². The zero-order valence-electron chi connectivity index (χ0n) is 12.1. The van der Waals surface area contributed by atoms with E-state index in [2.05, 4.69) is 4.99 Å². The molecule has 0 unspecified atom stereocenters. The lowest BCUT2D eigenvalue weighted by molar-refractivity contribution is -0.137. The normalized spacial score (nSPS) is 12.2. The Bertz CT molecular complexity index is 680. The lowest BCUT2D eigenvalue weighted by atomic mass is 10.1. The predicted molar refractivity (Wildman–Crippen MR) is 89.5 cm³/mol. The van der Waals surface area contributed by atoms with Gasteiger partial charge in [-0.25, -0.2) is 0 Å². The Hall–Kier alpha value is -2.27. The van der Waals surface area contributed by atoms with Crippen LogP contribution in [0.3, 0.4) is 0 Å². The molecule has 122 valence electrons. The van der Waals surface area contributed by atoms with Gasteiger partial charge in [0.2, 0.25) is 0 Å². The number of nitrogens with zero attached hydrogens (tertiary/aromatic N) is 1. The number of benzene rings is 2. The van der Waals surface area contributed by atoms with Crippen LogP contribution in [0.2, 0.25) is 0 Å². The van der Waals surface area contributed by atoms with Crippen LogP contribution in [-0.4, -0.2) is 5.84 Å². The SMILES string of the molecule is Cl.NC(/C=C/c1ccccc1)=NCc1cccc(C(F)(F)F)c1. The van der Waals surface area contributed by atoms with Crippen LogP contribution >= 0.6 is 12.4 Å². The maximum Gasteiger partial charge on any atom is 0.416 e. The van der Waals surface area contributed by atoms with Gasteiger partial charge in [0, 0.05) is 0 Å². The molecule has 2 aromatic carbocycles. The largest absolute Gasteiger partial charge is 0.416 e. The van der Waals surface area contributed by atoms with E-state index >= 15 is 0 Å². The van der Waals surface area contributed by atoms with E-state index < -0.39 is 11.7 Å². The van der Waals surface area contributed by atoms with Crippen molar-refractivity contribution in [3.8, 4) is 0 Å². The van der Waals surface area contributed by atoms with E-state index in [0.717, 1.165) is 17.7 Å². The van der Waals surface area contributed by atoms with Crippen LogP contribution in [0.5, 0.6) is 0 Å². The van der Waals surface area contributed by atoms with Crippen molar-refractivity contribution < 1.29 is 13.2 Å². The number of hydrogen-bond donors (Lipinski definition) is 1. The fourth-order valence-electron chi connectivity index (χ4n) is 1.83. The monoisotopic (exact) mass is 340 g/mol. The van der Waals surface area contributed by atoms with Crippen molar-refractivity contribution in [1.29, 1.82) is 0 Å². The van der Waals surface area contributed by atoms with Crippen LogP contribution in [0.1, 0.15) is 16.7 Å². The number of hydrogen-bond acceptors (Lipinski definition) is 1. The number of nitrogens with two attached hydrogens (primary N) is 1. The highest BCUT2D eigenvalue weighted by molar-refractivity contribution is 5.95. The first-order valence-corrected chi connectivity index (χ1v) is 6.64. The topological polar surface area (TPSA) is 38.4 Å². The minimum absolute atomic E-state index is 0. The zero-order chi connectivity index (χ0) is 16.0. The molecule has 0 aliphatic heterocycles. The lowest BCUT2D eigenvalue weighted by Gasteiger charge is -2.07. The van der Waals surface area contributed by atoms with Gasteiger partial charge < -0.3 is 5.73 Å². The van der Waals surface area contributed by atoms with Crippen molar-refractivity contribution in [3.05, 3.63) is 77.4 Å². The minimum atomic E-state index is -4.35. The zero-order valence-corrected chi connectivity index (χ0v) is 12.9. The molecule has 2 rings (SSSR count). The molecule has 0 saturated heterocycles. The van der Waals surface area contributed by atoms with E-state index in [-0.39, 0.29) is 24.8 Å². The smallest absolute Gasteiger partial charge is 0.384 e. The fraction of sp³-hybridized carbons (Fsp3) is 0.118. The molecule has 0 heterocycles. The first-order valence-electron chi connectivity index (χ1n) is 6.64. The Morgan fingerprint density at radius 1 is 1.04 bits per heavy atom. The van der Waals surface area contributed by atoms with Crippen molar-refractivity contribution >= 4 is 24.3 Å². The molecule has 0 amide bonds. The molecule has 0 aromatic heterocycles. The summed E-state index contributed by atoms with van der Waals surface area (Å²) in [6, 6.07) is 14.6. The maximum atomic E-state index is 12.6. The second-order valence-corrected chi connectivity index (χ2v) is 4.68. The summed E-state index contributed by atoms with van der Waals surface area (Å²) in [5.41, 5.74) is 6.49. The molecule has 23 heavy (non-hydrogen) atoms. The van der Waals surface area contributed by atoms with Crippen LogP contribution in [0.4, 0.5) is 13.2 Å². The summed E-state index contributed by atoms with van der Waals surface area (Å²) in [6.07, 6.45) is -0.924. The molecular formula is C17H16ClF3N2. The van der Waals surface area contributed by atoms with Gasteiger partial charge in [-0.05, 0) is 29.3 Å². The summed E-state index contributed by atoms with van der Waals surface area (Å²) in [6.45, 7) is 0.106. The lowest BCUT2D eigenvalue weighted by Crippen LogP contribution is -2.08. The number of rotatable bonds is 4. The number of alkyl halides is 3. The highest BCUT2D eigenvalue weighted by atomic mass is 35.5. The summed E-state index contributed by atoms with van der Waals surface area (Å²) in [5.74, 6) is 0.265. The Morgan fingerprint density at radius 3 is 2.39 bits per heavy atom. The Kier molecular flexibility index (Phi) is 6.85. The first kappa shape index (κ1) is 18.8. The van der Waals surface area contributed by atoms with Crippen molar-refractivity contribution in [3.63, 3.8) is 0 Å². The third kappa shape index (κ3) is 6.16. The number of amidine groups is 1. The highest BCUT2D eigenvalue weighted by Gasteiger charge is 2.30. The molecule has 2 aromatic rings. The summed E-state index contributed by atoms with van der Waals surface area (Å²) >= 11 is 0. The average molecular weight is 341 g/mol. The predicted octanol–water partition coefficient (Wildman–Crippen LogP) is 4.70. The van der Waals surface area contributed by atoms with Gasteiger partial charge in [0.25, 0.3) is 0 Å². The van der Waals surface area contributed by atoms with E-state index in [9.17, 15) is 13.2 Å². The third-order valence-electron chi connectivity index (χ3n) is 2.94. The van der Waals surface area contributed by atoms with E-state index in [1.165, 1.54) is 6.07 Å².